The van der Waals surface area contributed by atoms with E-state index in [9.17, 15) is 0 Å². The van der Waals surface area contributed by atoms with E-state index in [1.165, 1.54) is 51.4 Å². The van der Waals surface area contributed by atoms with Crippen molar-refractivity contribution in [1.29, 1.82) is 0 Å². The maximum atomic E-state index is 15.2. The molecule has 0 aliphatic rings. The Hall–Kier alpha value is -3.14. The number of halogens is 1. The van der Waals surface area contributed by atoms with E-state index in [4.69, 9.17) is 9.47 Å². The molecule has 3 nitrogen and oxygen atoms in total. The van der Waals surface area contributed by atoms with Gasteiger partial charge < -0.3 is 9.47 Å². The van der Waals surface area contributed by atoms with E-state index in [-0.39, 0.29) is 5.82 Å². The normalized spacial score (nSPS) is 11.3. The molecule has 0 atom stereocenters. The summed E-state index contributed by atoms with van der Waals surface area (Å²) < 4.78 is 26.9. The smallest absolute Gasteiger partial charge is 0.213 e. The molecule has 0 saturated carbocycles. The second-order valence-electron chi connectivity index (χ2n) is 9.91. The van der Waals surface area contributed by atoms with Crippen LogP contribution in [0.1, 0.15) is 78.1 Å². The highest BCUT2D eigenvalue weighted by molar-refractivity contribution is 6.09. The first-order valence-corrected chi connectivity index (χ1v) is 14.1. The Labute approximate surface area is 221 Å². The first-order chi connectivity index (χ1) is 18.2. The summed E-state index contributed by atoms with van der Waals surface area (Å²) in [4.78, 5) is 4.45. The number of unbranched alkanes of at least 4 members (excludes halogenated alkanes) is 8. The van der Waals surface area contributed by atoms with Gasteiger partial charge in [-0.25, -0.2) is 9.37 Å². The first kappa shape index (κ1) is 26.9. The van der Waals surface area contributed by atoms with Gasteiger partial charge in [0.25, 0.3) is 0 Å². The molecule has 0 bridgehead atoms. The third-order valence-corrected chi connectivity index (χ3v) is 6.96. The Balaban J connectivity index is 1.43. The fourth-order valence-corrected chi connectivity index (χ4v) is 4.78. The van der Waals surface area contributed by atoms with Crippen molar-refractivity contribution in [1.82, 2.24) is 4.98 Å². The monoisotopic (exact) mass is 501 g/mol. The van der Waals surface area contributed by atoms with E-state index >= 15 is 4.39 Å². The van der Waals surface area contributed by atoms with Crippen LogP contribution in [0, 0.1) is 5.82 Å². The fourth-order valence-electron chi connectivity index (χ4n) is 4.78. The van der Waals surface area contributed by atoms with Crippen molar-refractivity contribution in [3.05, 3.63) is 66.6 Å². The molecule has 4 heteroatoms. The number of aromatic nitrogens is 1. The number of fused-ring (bicyclic) bond motifs is 3. The van der Waals surface area contributed by atoms with Crippen molar-refractivity contribution in [3.63, 3.8) is 0 Å². The summed E-state index contributed by atoms with van der Waals surface area (Å²) in [6.07, 6.45) is 13.9. The van der Waals surface area contributed by atoms with Gasteiger partial charge in [0.05, 0.1) is 13.2 Å². The third kappa shape index (κ3) is 7.44. The van der Waals surface area contributed by atoms with Crippen molar-refractivity contribution in [2.24, 2.45) is 0 Å². The third-order valence-electron chi connectivity index (χ3n) is 6.96. The van der Waals surface area contributed by atoms with Gasteiger partial charge in [-0.05, 0) is 64.9 Å². The van der Waals surface area contributed by atoms with Crippen LogP contribution in [0.4, 0.5) is 4.39 Å². The van der Waals surface area contributed by atoms with Crippen LogP contribution in [0.15, 0.2) is 60.8 Å². The highest BCUT2D eigenvalue weighted by Gasteiger charge is 2.10. The van der Waals surface area contributed by atoms with E-state index in [0.29, 0.717) is 24.5 Å². The maximum Gasteiger partial charge on any atom is 0.213 e. The molecule has 0 spiro atoms. The summed E-state index contributed by atoms with van der Waals surface area (Å²) in [6.45, 7) is 5.82. The molecular weight excluding hydrogens is 461 g/mol. The molecule has 0 aliphatic carbocycles. The summed E-state index contributed by atoms with van der Waals surface area (Å²) in [5.74, 6) is 1.21. The van der Waals surface area contributed by atoms with Crippen LogP contribution >= 0.6 is 0 Å². The Kier molecular flexibility index (Phi) is 10.2. The lowest BCUT2D eigenvalue weighted by Gasteiger charge is -2.11. The highest BCUT2D eigenvalue weighted by atomic mass is 19.1. The van der Waals surface area contributed by atoms with Gasteiger partial charge in [-0.1, -0.05) is 83.4 Å². The minimum absolute atomic E-state index is 0.225. The molecule has 0 radical (unpaired) electrons. The second kappa shape index (κ2) is 14.0. The zero-order valence-corrected chi connectivity index (χ0v) is 22.4. The zero-order chi connectivity index (χ0) is 25.9. The van der Waals surface area contributed by atoms with Gasteiger partial charge in [-0.2, -0.15) is 0 Å². The van der Waals surface area contributed by atoms with Gasteiger partial charge in [-0.3, -0.25) is 0 Å². The number of hydrogen-bond acceptors (Lipinski definition) is 3. The molecule has 3 aromatic carbocycles. The summed E-state index contributed by atoms with van der Waals surface area (Å²) in [6, 6.07) is 17.4. The predicted octanol–water partition coefficient (Wildman–Crippen LogP) is 9.89. The van der Waals surface area contributed by atoms with Crippen molar-refractivity contribution in [2.45, 2.75) is 78.1 Å². The van der Waals surface area contributed by atoms with Crippen molar-refractivity contribution in [3.8, 4) is 22.8 Å². The number of nitrogens with zero attached hydrogens (tertiary/aromatic N) is 1. The fraction of sp³-hybridized carbons (Fsp3) is 0.424. The maximum absolute atomic E-state index is 15.2. The minimum atomic E-state index is -0.225. The standard InChI is InChI=1S/C33H40FNO2/c1-3-5-7-9-10-12-19-36-28-15-17-29-27(21-28)23-32(34)31-22-25(13-16-30(29)31)26-14-18-33(35-24-26)37-20-11-8-6-4-2/h13-18,21-24H,3-12,19-20H2,1-2H3. The predicted molar refractivity (Wildman–Crippen MR) is 153 cm³/mol. The second-order valence-corrected chi connectivity index (χ2v) is 9.91. The lowest BCUT2D eigenvalue weighted by molar-refractivity contribution is 0.294. The molecule has 1 heterocycles. The average molecular weight is 502 g/mol. The number of benzene rings is 3. The molecule has 4 aromatic rings. The molecule has 196 valence electrons. The number of hydrogen-bond donors (Lipinski definition) is 0. The summed E-state index contributed by atoms with van der Waals surface area (Å²) in [7, 11) is 0. The van der Waals surface area contributed by atoms with Crippen molar-refractivity contribution in [2.75, 3.05) is 13.2 Å². The summed E-state index contributed by atoms with van der Waals surface area (Å²) >= 11 is 0. The summed E-state index contributed by atoms with van der Waals surface area (Å²) in [5, 5.41) is 3.41. The molecule has 0 fully saturated rings. The van der Waals surface area contributed by atoms with Gasteiger partial charge in [0, 0.05) is 23.2 Å². The Morgan fingerprint density at radius 2 is 1.30 bits per heavy atom. The van der Waals surface area contributed by atoms with Crippen LogP contribution in [0.5, 0.6) is 11.6 Å². The molecule has 1 aromatic heterocycles. The largest absolute Gasteiger partial charge is 0.494 e. The zero-order valence-electron chi connectivity index (χ0n) is 22.4. The Morgan fingerprint density at radius 3 is 2.05 bits per heavy atom. The Bertz CT molecular complexity index is 1270. The van der Waals surface area contributed by atoms with E-state index in [2.05, 4.69) is 18.8 Å². The van der Waals surface area contributed by atoms with Gasteiger partial charge in [0.1, 0.15) is 11.6 Å². The van der Waals surface area contributed by atoms with Crippen LogP contribution in [-0.2, 0) is 0 Å². The molecule has 0 aliphatic heterocycles. The molecule has 4 rings (SSSR count). The van der Waals surface area contributed by atoms with Crippen LogP contribution in [0.3, 0.4) is 0 Å². The molecule has 0 unspecified atom stereocenters. The number of rotatable bonds is 15. The van der Waals surface area contributed by atoms with Gasteiger partial charge in [0.2, 0.25) is 5.88 Å². The minimum Gasteiger partial charge on any atom is -0.494 e. The van der Waals surface area contributed by atoms with Crippen LogP contribution in [0.2, 0.25) is 0 Å². The summed E-state index contributed by atoms with van der Waals surface area (Å²) in [5.41, 5.74) is 1.88. The molecule has 37 heavy (non-hydrogen) atoms. The lowest BCUT2D eigenvalue weighted by atomic mass is 9.97. The van der Waals surface area contributed by atoms with Crippen LogP contribution in [0.25, 0.3) is 32.7 Å². The molecule has 0 saturated heterocycles. The first-order valence-electron chi connectivity index (χ1n) is 14.1. The van der Waals surface area contributed by atoms with Gasteiger partial charge in [0.15, 0.2) is 0 Å². The quantitative estimate of drug-likeness (QED) is 0.120. The SMILES string of the molecule is CCCCCCCCOc1ccc2c(c1)cc(F)c1cc(-c3ccc(OCCCCCC)nc3)ccc12. The van der Waals surface area contributed by atoms with Crippen LogP contribution in [-0.4, -0.2) is 18.2 Å². The lowest BCUT2D eigenvalue weighted by Crippen LogP contribution is -1.98. The Morgan fingerprint density at radius 1 is 0.622 bits per heavy atom. The van der Waals surface area contributed by atoms with Crippen molar-refractivity contribution >= 4 is 21.5 Å². The average Bonchev–Trinajstić information content (AvgIpc) is 2.92. The number of pyridine rings is 1. The van der Waals surface area contributed by atoms with E-state index in [1.54, 1.807) is 12.3 Å². The van der Waals surface area contributed by atoms with Gasteiger partial charge in [-0.15, -0.1) is 0 Å². The van der Waals surface area contributed by atoms with E-state index in [1.807, 2.05) is 48.5 Å². The highest BCUT2D eigenvalue weighted by Crippen LogP contribution is 2.33. The van der Waals surface area contributed by atoms with Crippen molar-refractivity contribution < 1.29 is 13.9 Å². The number of ether oxygens (including phenoxy) is 2. The molecule has 0 N–H and O–H groups in total. The molecule has 0 amide bonds. The van der Waals surface area contributed by atoms with Crippen LogP contribution < -0.4 is 9.47 Å². The topological polar surface area (TPSA) is 31.4 Å². The van der Waals surface area contributed by atoms with Gasteiger partial charge >= 0.3 is 0 Å². The molecular formula is C33H40FNO2. The van der Waals surface area contributed by atoms with E-state index < -0.39 is 0 Å². The van der Waals surface area contributed by atoms with E-state index in [0.717, 1.165) is 45.9 Å².